The third-order valence-corrected chi connectivity index (χ3v) is 6.74. The Hall–Kier alpha value is -2.71. The normalized spacial score (nSPS) is 26.5. The van der Waals surface area contributed by atoms with E-state index in [4.69, 9.17) is 30.5 Å². The number of hydrogen-bond acceptors (Lipinski definition) is 8. The highest BCUT2D eigenvalue weighted by Crippen LogP contribution is 2.32. The van der Waals surface area contributed by atoms with E-state index in [0.29, 0.717) is 34.5 Å². The number of hydrogen-bond donors (Lipinski definition) is 2. The molecule has 6 rings (SSSR count). The van der Waals surface area contributed by atoms with Crippen molar-refractivity contribution in [3.63, 3.8) is 0 Å². The summed E-state index contributed by atoms with van der Waals surface area (Å²) in [6, 6.07) is 9.96. The molecule has 182 valence electrons. The maximum absolute atomic E-state index is 9.91. The van der Waals surface area contributed by atoms with Gasteiger partial charge in [-0.05, 0) is 18.2 Å². The van der Waals surface area contributed by atoms with Crippen molar-refractivity contribution in [1.29, 1.82) is 0 Å². The van der Waals surface area contributed by atoms with Crippen molar-refractivity contribution < 1.29 is 24.1 Å². The lowest BCUT2D eigenvalue weighted by atomic mass is 10.1. The molecule has 10 heteroatoms. The lowest BCUT2D eigenvalue weighted by Gasteiger charge is -2.24. The number of benzene rings is 1. The van der Waals surface area contributed by atoms with Crippen molar-refractivity contribution in [2.24, 2.45) is 0 Å². The Bertz CT molecular complexity index is 1260. The van der Waals surface area contributed by atoms with Gasteiger partial charge in [0.15, 0.2) is 11.8 Å². The van der Waals surface area contributed by atoms with Crippen LogP contribution >= 0.6 is 11.6 Å². The molecule has 5 heterocycles. The first kappa shape index (κ1) is 22.7. The van der Waals surface area contributed by atoms with Gasteiger partial charge >= 0.3 is 0 Å². The van der Waals surface area contributed by atoms with E-state index in [-0.39, 0.29) is 24.9 Å². The molecule has 3 aromatic rings. The molecule has 2 N–H and O–H groups in total. The number of morpholine rings is 1. The maximum Gasteiger partial charge on any atom is 0.296 e. The first-order valence-electron chi connectivity index (χ1n) is 11.7. The minimum Gasteiger partial charge on any atom is -0.456 e. The first-order valence-corrected chi connectivity index (χ1v) is 12.1. The minimum atomic E-state index is -0.630. The smallest absolute Gasteiger partial charge is 0.296 e. The van der Waals surface area contributed by atoms with E-state index in [1.54, 1.807) is 6.07 Å². The van der Waals surface area contributed by atoms with Gasteiger partial charge in [0.05, 0.1) is 49.2 Å². The molecule has 0 radical (unpaired) electrons. The van der Waals surface area contributed by atoms with Crippen molar-refractivity contribution in [2.45, 2.75) is 24.4 Å². The van der Waals surface area contributed by atoms with Gasteiger partial charge in [0.2, 0.25) is 0 Å². The van der Waals surface area contributed by atoms with Gasteiger partial charge in [-0.15, -0.1) is 0 Å². The summed E-state index contributed by atoms with van der Waals surface area (Å²) in [5.41, 5.74) is 3.61. The predicted octanol–water partition coefficient (Wildman–Crippen LogP) is 1.87. The summed E-state index contributed by atoms with van der Waals surface area (Å²) in [7, 11) is 0. The van der Waals surface area contributed by atoms with E-state index < -0.39 is 6.10 Å². The second-order valence-corrected chi connectivity index (χ2v) is 9.23. The van der Waals surface area contributed by atoms with Gasteiger partial charge in [-0.3, -0.25) is 4.90 Å². The van der Waals surface area contributed by atoms with Crippen LogP contribution in [-0.2, 0) is 14.2 Å². The molecule has 3 fully saturated rings. The second kappa shape index (κ2) is 9.74. The molecule has 0 spiro atoms. The Balaban J connectivity index is 1.16. The zero-order valence-corrected chi connectivity index (χ0v) is 19.7. The number of H-pyrrole nitrogens is 1. The van der Waals surface area contributed by atoms with Crippen molar-refractivity contribution in [3.8, 4) is 29.1 Å². The molecule has 1 aromatic carbocycles. The number of halogens is 1. The third kappa shape index (κ3) is 4.74. The van der Waals surface area contributed by atoms with E-state index in [2.05, 4.69) is 31.7 Å². The topological polar surface area (TPSA) is 102 Å². The lowest BCUT2D eigenvalue weighted by molar-refractivity contribution is 0.00706. The Labute approximate surface area is 207 Å². The number of rotatable bonds is 4. The van der Waals surface area contributed by atoms with E-state index in [1.165, 1.54) is 0 Å². The standard InChI is InChI=1S/C25H25ClN4O5/c26-17-12-18-24(29-25(27-18)35-20-14-34-22-19(31)13-33-23(20)22)28-21(17)16-5-3-15(4-6-16)2-1-7-30-8-10-32-11-9-30/h3-6,12,19-20,22-23,31H,7-11,13-14H2,(H,27,28,29)/t19-,20-,22-,23-/m1/s1. The molecule has 3 aliphatic rings. The van der Waals surface area contributed by atoms with Gasteiger partial charge in [-0.2, -0.15) is 4.98 Å². The number of ether oxygens (including phenoxy) is 4. The average Bonchev–Trinajstić information content (AvgIpc) is 3.56. The molecule has 0 unspecified atom stereocenters. The summed E-state index contributed by atoms with van der Waals surface area (Å²) in [4.78, 5) is 14.5. The zero-order chi connectivity index (χ0) is 23.8. The number of fused-ring (bicyclic) bond motifs is 2. The van der Waals surface area contributed by atoms with Crippen LogP contribution in [0.3, 0.4) is 0 Å². The Morgan fingerprint density at radius 1 is 1.11 bits per heavy atom. The number of aliphatic hydroxyl groups excluding tert-OH is 1. The van der Waals surface area contributed by atoms with Crippen LogP contribution < -0.4 is 4.74 Å². The van der Waals surface area contributed by atoms with Crippen LogP contribution in [0.4, 0.5) is 0 Å². The summed E-state index contributed by atoms with van der Waals surface area (Å²) in [5, 5.41) is 10.4. The summed E-state index contributed by atoms with van der Waals surface area (Å²) in [6.07, 6.45) is -1.67. The monoisotopic (exact) mass is 496 g/mol. The fraction of sp³-hybridized carbons (Fsp3) is 0.440. The van der Waals surface area contributed by atoms with Crippen LogP contribution in [0.1, 0.15) is 5.56 Å². The van der Waals surface area contributed by atoms with Crippen LogP contribution in [0.5, 0.6) is 6.01 Å². The lowest BCUT2D eigenvalue weighted by Crippen LogP contribution is -2.36. The van der Waals surface area contributed by atoms with Crippen molar-refractivity contribution in [1.82, 2.24) is 19.9 Å². The molecule has 35 heavy (non-hydrogen) atoms. The molecule has 0 saturated carbocycles. The highest BCUT2D eigenvalue weighted by atomic mass is 35.5. The van der Waals surface area contributed by atoms with Gasteiger partial charge in [-0.25, -0.2) is 4.98 Å². The van der Waals surface area contributed by atoms with Crippen molar-refractivity contribution >= 4 is 22.8 Å². The highest BCUT2D eigenvalue weighted by molar-refractivity contribution is 6.33. The molecule has 9 nitrogen and oxygen atoms in total. The van der Waals surface area contributed by atoms with Gasteiger partial charge in [0, 0.05) is 24.2 Å². The summed E-state index contributed by atoms with van der Waals surface area (Å²) >= 11 is 6.55. The Kier molecular flexibility index (Phi) is 6.33. The number of pyridine rings is 1. The van der Waals surface area contributed by atoms with E-state index >= 15 is 0 Å². The number of nitrogens with zero attached hydrogens (tertiary/aromatic N) is 3. The van der Waals surface area contributed by atoms with E-state index in [1.807, 2.05) is 24.3 Å². The largest absolute Gasteiger partial charge is 0.456 e. The van der Waals surface area contributed by atoms with Gasteiger partial charge in [0.1, 0.15) is 18.3 Å². The van der Waals surface area contributed by atoms with Crippen LogP contribution in [0, 0.1) is 11.8 Å². The molecule has 0 aliphatic carbocycles. The Morgan fingerprint density at radius 3 is 2.74 bits per heavy atom. The maximum atomic E-state index is 9.91. The van der Waals surface area contributed by atoms with E-state index in [9.17, 15) is 5.11 Å². The molecule has 3 aliphatic heterocycles. The SMILES string of the molecule is O[C@@H]1CO[C@H]2[C@@H]1OC[C@H]2Oc1nc2nc(-c3ccc(C#CCN4CCOCC4)cc3)c(Cl)cc2[nH]1. The fourth-order valence-corrected chi connectivity index (χ4v) is 4.83. The third-order valence-electron chi connectivity index (χ3n) is 6.45. The summed E-state index contributed by atoms with van der Waals surface area (Å²) in [5.74, 6) is 6.45. The van der Waals surface area contributed by atoms with Gasteiger partial charge < -0.3 is 29.0 Å². The zero-order valence-electron chi connectivity index (χ0n) is 18.9. The fourth-order valence-electron chi connectivity index (χ4n) is 4.57. The van der Waals surface area contributed by atoms with Crippen molar-refractivity contribution in [2.75, 3.05) is 46.1 Å². The highest BCUT2D eigenvalue weighted by Gasteiger charge is 2.48. The number of aliphatic hydroxyl groups is 1. The average molecular weight is 497 g/mol. The number of nitrogens with one attached hydrogen (secondary N) is 1. The second-order valence-electron chi connectivity index (χ2n) is 8.82. The van der Waals surface area contributed by atoms with Crippen LogP contribution in [0.2, 0.25) is 5.02 Å². The summed E-state index contributed by atoms with van der Waals surface area (Å²) < 4.78 is 22.6. The summed E-state index contributed by atoms with van der Waals surface area (Å²) in [6.45, 7) is 4.69. The molecule has 0 bridgehead atoms. The van der Waals surface area contributed by atoms with Gasteiger partial charge in [0.25, 0.3) is 6.01 Å². The molecule has 0 amide bonds. The number of aromatic amines is 1. The molecular formula is C25H25ClN4O5. The first-order chi connectivity index (χ1) is 17.1. The minimum absolute atomic E-state index is 0.244. The quantitative estimate of drug-likeness (QED) is 0.528. The molecule has 2 aromatic heterocycles. The predicted molar refractivity (Wildman–Crippen MR) is 128 cm³/mol. The molecule has 4 atom stereocenters. The molecular weight excluding hydrogens is 472 g/mol. The number of imidazole rings is 1. The van der Waals surface area contributed by atoms with Crippen LogP contribution in [-0.4, -0.2) is 95.4 Å². The van der Waals surface area contributed by atoms with Crippen LogP contribution in [0.15, 0.2) is 30.3 Å². The number of aromatic nitrogens is 3. The van der Waals surface area contributed by atoms with Gasteiger partial charge in [-0.1, -0.05) is 35.6 Å². The molecule has 3 saturated heterocycles. The van der Waals surface area contributed by atoms with Crippen LogP contribution in [0.25, 0.3) is 22.4 Å². The van der Waals surface area contributed by atoms with Crippen molar-refractivity contribution in [3.05, 3.63) is 40.9 Å². The van der Waals surface area contributed by atoms with E-state index in [0.717, 1.165) is 44.0 Å². The Morgan fingerprint density at radius 2 is 1.91 bits per heavy atom.